The topological polar surface area (TPSA) is 41.4 Å². The van der Waals surface area contributed by atoms with Gasteiger partial charge in [0.15, 0.2) is 0 Å². The molecule has 1 amide bonds. The average molecular weight is 338 g/mol. The van der Waals surface area contributed by atoms with Crippen molar-refractivity contribution in [2.24, 2.45) is 12.5 Å². The molecule has 2 saturated heterocycles. The number of pyridine rings is 1. The van der Waals surface area contributed by atoms with Gasteiger partial charge in [-0.15, -0.1) is 0 Å². The lowest BCUT2D eigenvalue weighted by Crippen LogP contribution is -2.45. The fourth-order valence-corrected chi connectivity index (χ4v) is 4.45. The number of carbonyl (C=O) groups is 1. The Bertz CT molecular complexity index is 741. The number of nitrogens with zero attached hydrogens (tertiary/aromatic N) is 4. The lowest BCUT2D eigenvalue weighted by Gasteiger charge is -2.40. The van der Waals surface area contributed by atoms with Gasteiger partial charge < -0.3 is 9.47 Å². The molecule has 0 N–H and O–H groups in total. The number of likely N-dealkylation sites (tertiary alicyclic amines) is 2. The molecule has 25 heavy (non-hydrogen) atoms. The first-order valence-corrected chi connectivity index (χ1v) is 9.18. The van der Waals surface area contributed by atoms with Gasteiger partial charge in [0.1, 0.15) is 5.69 Å². The maximum absolute atomic E-state index is 12.8. The van der Waals surface area contributed by atoms with Crippen molar-refractivity contribution in [2.75, 3.05) is 26.2 Å². The minimum absolute atomic E-state index is 0.172. The summed E-state index contributed by atoms with van der Waals surface area (Å²) in [6.07, 6.45) is 7.35. The summed E-state index contributed by atoms with van der Waals surface area (Å²) in [5.74, 6) is 0.172. The molecule has 4 rings (SSSR count). The van der Waals surface area contributed by atoms with E-state index in [1.807, 2.05) is 42.2 Å². The number of hydrogen-bond donors (Lipinski definition) is 0. The van der Waals surface area contributed by atoms with E-state index in [4.69, 9.17) is 0 Å². The van der Waals surface area contributed by atoms with Crippen molar-refractivity contribution >= 4 is 5.91 Å². The first kappa shape index (κ1) is 16.3. The Balaban J connectivity index is 1.42. The third kappa shape index (κ3) is 3.33. The monoisotopic (exact) mass is 338 g/mol. The fraction of sp³-hybridized carbons (Fsp3) is 0.500. The highest BCUT2D eigenvalue weighted by Gasteiger charge is 2.43. The number of carbonyl (C=O) groups excluding carboxylic acids is 1. The molecular weight excluding hydrogens is 312 g/mol. The van der Waals surface area contributed by atoms with Gasteiger partial charge >= 0.3 is 0 Å². The largest absolute Gasteiger partial charge is 0.347 e. The van der Waals surface area contributed by atoms with Crippen molar-refractivity contribution in [2.45, 2.75) is 25.8 Å². The van der Waals surface area contributed by atoms with Crippen molar-refractivity contribution in [1.29, 1.82) is 0 Å². The van der Waals surface area contributed by atoms with E-state index in [-0.39, 0.29) is 11.3 Å². The standard InChI is InChI=1S/C20H26N4O/c1-22-11-4-7-18(22)19(25)24-13-9-20(16-24)8-5-12-23(15-20)14-17-6-2-3-10-21-17/h2-4,6-7,10-11H,5,8-9,12-16H2,1H3/t20-/m0/s1. The summed E-state index contributed by atoms with van der Waals surface area (Å²) < 4.78 is 1.92. The molecule has 0 aliphatic carbocycles. The number of aryl methyl sites for hydroxylation is 1. The van der Waals surface area contributed by atoms with Crippen LogP contribution in [-0.4, -0.2) is 51.4 Å². The van der Waals surface area contributed by atoms with Crippen molar-refractivity contribution in [3.63, 3.8) is 0 Å². The Morgan fingerprint density at radius 2 is 2.08 bits per heavy atom. The summed E-state index contributed by atoms with van der Waals surface area (Å²) in [4.78, 5) is 21.8. The van der Waals surface area contributed by atoms with Crippen LogP contribution >= 0.6 is 0 Å². The zero-order valence-electron chi connectivity index (χ0n) is 14.9. The predicted octanol–water partition coefficient (Wildman–Crippen LogP) is 2.55. The molecule has 0 aromatic carbocycles. The van der Waals surface area contributed by atoms with E-state index in [0.29, 0.717) is 0 Å². The zero-order valence-corrected chi connectivity index (χ0v) is 14.9. The van der Waals surface area contributed by atoms with Gasteiger partial charge in [-0.25, -0.2) is 0 Å². The molecule has 0 bridgehead atoms. The van der Waals surface area contributed by atoms with Crippen LogP contribution in [0.2, 0.25) is 0 Å². The van der Waals surface area contributed by atoms with E-state index < -0.39 is 0 Å². The van der Waals surface area contributed by atoms with Gasteiger partial charge in [0.25, 0.3) is 5.91 Å². The molecule has 0 radical (unpaired) electrons. The molecule has 5 nitrogen and oxygen atoms in total. The second-order valence-electron chi connectivity index (χ2n) is 7.62. The maximum atomic E-state index is 12.8. The SMILES string of the molecule is Cn1cccc1C(=O)N1CC[C@]2(CCCN(Cc3ccccn3)C2)C1. The second-order valence-corrected chi connectivity index (χ2v) is 7.62. The molecular formula is C20H26N4O. The highest BCUT2D eigenvalue weighted by Crippen LogP contribution is 2.39. The van der Waals surface area contributed by atoms with Crippen molar-refractivity contribution in [3.05, 3.63) is 54.1 Å². The molecule has 2 aliphatic heterocycles. The summed E-state index contributed by atoms with van der Waals surface area (Å²) in [6, 6.07) is 9.97. The molecule has 2 aliphatic rings. The van der Waals surface area contributed by atoms with Crippen LogP contribution in [0.5, 0.6) is 0 Å². The number of piperidine rings is 1. The summed E-state index contributed by atoms with van der Waals surface area (Å²) in [7, 11) is 1.94. The average Bonchev–Trinajstić information content (AvgIpc) is 3.22. The Morgan fingerprint density at radius 1 is 1.16 bits per heavy atom. The number of aromatic nitrogens is 2. The molecule has 2 aromatic heterocycles. The molecule has 0 unspecified atom stereocenters. The van der Waals surface area contributed by atoms with Crippen LogP contribution in [0.3, 0.4) is 0 Å². The first-order valence-electron chi connectivity index (χ1n) is 9.18. The maximum Gasteiger partial charge on any atom is 0.270 e. The molecule has 132 valence electrons. The molecule has 2 fully saturated rings. The fourth-order valence-electron chi connectivity index (χ4n) is 4.45. The van der Waals surface area contributed by atoms with Crippen LogP contribution in [0.25, 0.3) is 0 Å². The van der Waals surface area contributed by atoms with E-state index in [9.17, 15) is 4.79 Å². The quantitative estimate of drug-likeness (QED) is 0.864. The van der Waals surface area contributed by atoms with Gasteiger partial charge in [0.05, 0.1) is 5.69 Å². The molecule has 2 aromatic rings. The summed E-state index contributed by atoms with van der Waals surface area (Å²) in [5.41, 5.74) is 2.18. The van der Waals surface area contributed by atoms with E-state index in [2.05, 4.69) is 26.9 Å². The van der Waals surface area contributed by atoms with Gasteiger partial charge in [0, 0.05) is 51.0 Å². The Hall–Kier alpha value is -2.14. The molecule has 0 saturated carbocycles. The zero-order chi connectivity index (χ0) is 17.3. The number of hydrogen-bond acceptors (Lipinski definition) is 3. The third-order valence-corrected chi connectivity index (χ3v) is 5.74. The Labute approximate surface area is 149 Å². The van der Waals surface area contributed by atoms with E-state index in [1.54, 1.807) is 0 Å². The minimum Gasteiger partial charge on any atom is -0.347 e. The Morgan fingerprint density at radius 3 is 2.84 bits per heavy atom. The van der Waals surface area contributed by atoms with Crippen LogP contribution in [0.4, 0.5) is 0 Å². The van der Waals surface area contributed by atoms with Crippen LogP contribution in [0.1, 0.15) is 35.4 Å². The lowest BCUT2D eigenvalue weighted by molar-refractivity contribution is 0.0665. The van der Waals surface area contributed by atoms with Crippen molar-refractivity contribution < 1.29 is 4.79 Å². The van der Waals surface area contributed by atoms with Gasteiger partial charge in [0.2, 0.25) is 0 Å². The van der Waals surface area contributed by atoms with E-state index in [1.165, 1.54) is 12.8 Å². The Kier molecular flexibility index (Phi) is 4.34. The third-order valence-electron chi connectivity index (χ3n) is 5.74. The highest BCUT2D eigenvalue weighted by molar-refractivity contribution is 5.93. The lowest BCUT2D eigenvalue weighted by atomic mass is 9.79. The van der Waals surface area contributed by atoms with Crippen molar-refractivity contribution in [3.8, 4) is 0 Å². The molecule has 4 heterocycles. The van der Waals surface area contributed by atoms with Gasteiger partial charge in [-0.2, -0.15) is 0 Å². The van der Waals surface area contributed by atoms with Gasteiger partial charge in [-0.3, -0.25) is 14.7 Å². The summed E-state index contributed by atoms with van der Waals surface area (Å²) in [5, 5.41) is 0. The predicted molar refractivity (Wildman–Crippen MR) is 97.1 cm³/mol. The van der Waals surface area contributed by atoms with E-state index in [0.717, 1.165) is 50.5 Å². The highest BCUT2D eigenvalue weighted by atomic mass is 16.2. The molecule has 1 spiro atoms. The summed E-state index contributed by atoms with van der Waals surface area (Å²) in [6.45, 7) is 4.87. The number of rotatable bonds is 3. The van der Waals surface area contributed by atoms with Crippen molar-refractivity contribution in [1.82, 2.24) is 19.4 Å². The minimum atomic E-state index is 0.172. The summed E-state index contributed by atoms with van der Waals surface area (Å²) >= 11 is 0. The smallest absolute Gasteiger partial charge is 0.270 e. The van der Waals surface area contributed by atoms with Crippen LogP contribution in [-0.2, 0) is 13.6 Å². The van der Waals surface area contributed by atoms with Crippen LogP contribution < -0.4 is 0 Å². The van der Waals surface area contributed by atoms with Crippen LogP contribution in [0.15, 0.2) is 42.7 Å². The van der Waals surface area contributed by atoms with Gasteiger partial charge in [-0.05, 0) is 50.1 Å². The van der Waals surface area contributed by atoms with Crippen LogP contribution in [0, 0.1) is 5.41 Å². The van der Waals surface area contributed by atoms with E-state index >= 15 is 0 Å². The molecule has 1 atom stereocenters. The molecule has 5 heteroatoms. The first-order chi connectivity index (χ1) is 12.2. The second kappa shape index (κ2) is 6.64. The normalized spacial score (nSPS) is 24.1. The number of amides is 1. The van der Waals surface area contributed by atoms with Gasteiger partial charge in [-0.1, -0.05) is 6.07 Å².